The lowest BCUT2D eigenvalue weighted by atomic mass is 10.2. The van der Waals surface area contributed by atoms with Gasteiger partial charge in [0.2, 0.25) is 0 Å². The molecular weight excluding hydrogens is 143 g/mol. The highest BCUT2D eigenvalue weighted by atomic mass is 19.1. The van der Waals surface area contributed by atoms with Crippen LogP contribution >= 0.6 is 0 Å². The summed E-state index contributed by atoms with van der Waals surface area (Å²) >= 11 is 0. The van der Waals surface area contributed by atoms with Gasteiger partial charge in [-0.1, -0.05) is 0 Å². The zero-order valence-electron chi connectivity index (χ0n) is 6.72. The Morgan fingerprint density at radius 3 is 2.82 bits per heavy atom. The van der Waals surface area contributed by atoms with Gasteiger partial charge in [0, 0.05) is 25.7 Å². The summed E-state index contributed by atoms with van der Waals surface area (Å²) in [5, 5.41) is 3.30. The smallest absolute Gasteiger partial charge is 0.114 e. The van der Waals surface area contributed by atoms with Crippen molar-refractivity contribution in [1.82, 2.24) is 10.2 Å². The second-order valence-corrected chi connectivity index (χ2v) is 3.53. The van der Waals surface area contributed by atoms with Gasteiger partial charge in [0.1, 0.15) is 6.17 Å². The van der Waals surface area contributed by atoms with Crippen LogP contribution in [0.15, 0.2) is 0 Å². The van der Waals surface area contributed by atoms with E-state index in [0.29, 0.717) is 12.6 Å². The normalized spacial score (nSPS) is 40.1. The summed E-state index contributed by atoms with van der Waals surface area (Å²) in [5.74, 6) is 0. The van der Waals surface area contributed by atoms with Crippen LogP contribution in [0.1, 0.15) is 12.8 Å². The molecule has 2 aliphatic heterocycles. The summed E-state index contributed by atoms with van der Waals surface area (Å²) in [6.45, 7) is 3.81. The Balaban J connectivity index is 1.85. The molecule has 2 saturated heterocycles. The highest BCUT2D eigenvalue weighted by Gasteiger charge is 2.29. The molecule has 11 heavy (non-hydrogen) atoms. The van der Waals surface area contributed by atoms with Gasteiger partial charge >= 0.3 is 0 Å². The third-order valence-electron chi connectivity index (χ3n) is 2.71. The predicted octanol–water partition coefficient (Wildman–Crippen LogP) is 0.392. The molecule has 0 bridgehead atoms. The summed E-state index contributed by atoms with van der Waals surface area (Å²) in [6, 6.07) is 0.621. The van der Waals surface area contributed by atoms with Crippen molar-refractivity contribution >= 4 is 0 Å². The second kappa shape index (κ2) is 3.07. The summed E-state index contributed by atoms with van der Waals surface area (Å²) in [5.41, 5.74) is 0. The fourth-order valence-electron chi connectivity index (χ4n) is 2.03. The predicted molar refractivity (Wildman–Crippen MR) is 42.4 cm³/mol. The van der Waals surface area contributed by atoms with E-state index in [0.717, 1.165) is 26.1 Å². The first-order chi connectivity index (χ1) is 5.36. The molecule has 2 aliphatic rings. The van der Waals surface area contributed by atoms with Crippen molar-refractivity contribution in [3.05, 3.63) is 0 Å². The SMILES string of the molecule is F[C@@H]1CCN([C@@H]2CCNC2)C1. The van der Waals surface area contributed by atoms with E-state index in [9.17, 15) is 4.39 Å². The number of likely N-dealkylation sites (tertiary alicyclic amines) is 1. The maximum atomic E-state index is 12.8. The van der Waals surface area contributed by atoms with Gasteiger partial charge in [-0.05, 0) is 19.4 Å². The number of nitrogens with one attached hydrogen (secondary N) is 1. The van der Waals surface area contributed by atoms with Crippen LogP contribution < -0.4 is 5.32 Å². The minimum absolute atomic E-state index is 0.560. The lowest BCUT2D eigenvalue weighted by Crippen LogP contribution is -2.35. The molecule has 0 aromatic heterocycles. The maximum Gasteiger partial charge on any atom is 0.114 e. The van der Waals surface area contributed by atoms with Crippen LogP contribution in [0.5, 0.6) is 0 Å². The molecule has 2 heterocycles. The molecule has 3 heteroatoms. The molecule has 2 atom stereocenters. The molecule has 0 aliphatic carbocycles. The third kappa shape index (κ3) is 1.54. The molecule has 0 spiro atoms. The van der Waals surface area contributed by atoms with Crippen LogP contribution in [0, 0.1) is 0 Å². The lowest BCUT2D eigenvalue weighted by Gasteiger charge is -2.21. The number of alkyl halides is 1. The number of nitrogens with zero attached hydrogens (tertiary/aromatic N) is 1. The first kappa shape index (κ1) is 7.50. The highest BCUT2D eigenvalue weighted by Crippen LogP contribution is 2.18. The largest absolute Gasteiger partial charge is 0.315 e. The third-order valence-corrected chi connectivity index (χ3v) is 2.71. The average molecular weight is 158 g/mol. The molecule has 1 N–H and O–H groups in total. The van der Waals surface area contributed by atoms with Crippen LogP contribution in [0.4, 0.5) is 4.39 Å². The van der Waals surface area contributed by atoms with E-state index in [1.165, 1.54) is 6.42 Å². The Labute approximate surface area is 66.8 Å². The molecule has 2 nitrogen and oxygen atoms in total. The van der Waals surface area contributed by atoms with Crippen LogP contribution in [0.2, 0.25) is 0 Å². The van der Waals surface area contributed by atoms with E-state index in [4.69, 9.17) is 0 Å². The molecular formula is C8H15FN2. The van der Waals surface area contributed by atoms with E-state index >= 15 is 0 Å². The number of halogens is 1. The second-order valence-electron chi connectivity index (χ2n) is 3.53. The first-order valence-electron chi connectivity index (χ1n) is 4.45. The Morgan fingerprint density at radius 1 is 1.36 bits per heavy atom. The lowest BCUT2D eigenvalue weighted by molar-refractivity contribution is 0.233. The summed E-state index contributed by atoms with van der Waals surface area (Å²) in [7, 11) is 0. The van der Waals surface area contributed by atoms with Gasteiger partial charge in [-0.25, -0.2) is 4.39 Å². The number of hydrogen-bond acceptors (Lipinski definition) is 2. The van der Waals surface area contributed by atoms with Gasteiger partial charge < -0.3 is 5.32 Å². The monoisotopic (exact) mass is 158 g/mol. The van der Waals surface area contributed by atoms with Crippen molar-refractivity contribution in [3.63, 3.8) is 0 Å². The van der Waals surface area contributed by atoms with Crippen LogP contribution in [0.25, 0.3) is 0 Å². The minimum Gasteiger partial charge on any atom is -0.315 e. The Morgan fingerprint density at radius 2 is 2.27 bits per heavy atom. The molecule has 2 fully saturated rings. The minimum atomic E-state index is -0.560. The van der Waals surface area contributed by atoms with Gasteiger partial charge in [-0.3, -0.25) is 4.90 Å². The van der Waals surface area contributed by atoms with Crippen molar-refractivity contribution in [2.24, 2.45) is 0 Å². The summed E-state index contributed by atoms with van der Waals surface area (Å²) in [6.07, 6.45) is 1.39. The van der Waals surface area contributed by atoms with E-state index in [2.05, 4.69) is 10.2 Å². The quantitative estimate of drug-likeness (QED) is 0.594. The van der Waals surface area contributed by atoms with Crippen molar-refractivity contribution in [3.8, 4) is 0 Å². The van der Waals surface area contributed by atoms with Gasteiger partial charge in [0.15, 0.2) is 0 Å². The molecule has 0 amide bonds. The fourth-order valence-corrected chi connectivity index (χ4v) is 2.03. The number of hydrogen-bond donors (Lipinski definition) is 1. The molecule has 2 rings (SSSR count). The Kier molecular flexibility index (Phi) is 2.09. The zero-order chi connectivity index (χ0) is 7.68. The van der Waals surface area contributed by atoms with Crippen molar-refractivity contribution in [1.29, 1.82) is 0 Å². The van der Waals surface area contributed by atoms with E-state index < -0.39 is 6.17 Å². The Bertz CT molecular complexity index is 134. The molecule has 0 unspecified atom stereocenters. The molecule has 64 valence electrons. The Hall–Kier alpha value is -0.150. The highest BCUT2D eigenvalue weighted by molar-refractivity contribution is 4.86. The van der Waals surface area contributed by atoms with Crippen LogP contribution in [0.3, 0.4) is 0 Å². The van der Waals surface area contributed by atoms with Gasteiger partial charge in [-0.15, -0.1) is 0 Å². The zero-order valence-corrected chi connectivity index (χ0v) is 6.72. The van der Waals surface area contributed by atoms with Gasteiger partial charge in [0.25, 0.3) is 0 Å². The van der Waals surface area contributed by atoms with E-state index in [1.807, 2.05) is 0 Å². The van der Waals surface area contributed by atoms with E-state index in [-0.39, 0.29) is 0 Å². The van der Waals surface area contributed by atoms with Crippen LogP contribution in [-0.2, 0) is 0 Å². The maximum absolute atomic E-state index is 12.8. The van der Waals surface area contributed by atoms with E-state index in [1.54, 1.807) is 0 Å². The van der Waals surface area contributed by atoms with Crippen molar-refractivity contribution in [2.45, 2.75) is 25.1 Å². The standard InChI is InChI=1S/C8H15FN2/c9-7-2-4-11(6-7)8-1-3-10-5-8/h7-8,10H,1-6H2/t7-,8-/m1/s1. The molecule has 0 radical (unpaired) electrons. The average Bonchev–Trinajstić information content (AvgIpc) is 2.55. The van der Waals surface area contributed by atoms with Crippen molar-refractivity contribution < 1.29 is 4.39 Å². The van der Waals surface area contributed by atoms with Crippen LogP contribution in [-0.4, -0.2) is 43.3 Å². The topological polar surface area (TPSA) is 15.3 Å². The summed E-state index contributed by atoms with van der Waals surface area (Å²) in [4.78, 5) is 2.28. The van der Waals surface area contributed by atoms with Gasteiger partial charge in [0.05, 0.1) is 0 Å². The number of rotatable bonds is 1. The molecule has 0 saturated carbocycles. The molecule has 0 aromatic carbocycles. The first-order valence-corrected chi connectivity index (χ1v) is 4.45. The summed E-state index contributed by atoms with van der Waals surface area (Å²) < 4.78 is 12.8. The van der Waals surface area contributed by atoms with Crippen molar-refractivity contribution in [2.75, 3.05) is 26.2 Å². The fraction of sp³-hybridized carbons (Fsp3) is 1.00. The molecule has 0 aromatic rings. The van der Waals surface area contributed by atoms with Gasteiger partial charge in [-0.2, -0.15) is 0 Å².